The molecule has 2 heterocycles. The van der Waals surface area contributed by atoms with E-state index >= 15 is 0 Å². The maximum Gasteiger partial charge on any atom is 0.277 e. The number of carbonyl (C=O) groups is 1. The van der Waals surface area contributed by atoms with Crippen LogP contribution in [0.4, 0.5) is 5.69 Å². The van der Waals surface area contributed by atoms with Gasteiger partial charge in [-0.1, -0.05) is 16.8 Å². The molecule has 0 radical (unpaired) electrons. The van der Waals surface area contributed by atoms with Crippen LogP contribution in [0.15, 0.2) is 24.4 Å². The van der Waals surface area contributed by atoms with E-state index in [0.29, 0.717) is 34.8 Å². The summed E-state index contributed by atoms with van der Waals surface area (Å²) < 4.78 is 7.15. The fraction of sp³-hybridized carbons (Fsp3) is 0.438. The average Bonchev–Trinajstić information content (AvgIpc) is 3.08. The van der Waals surface area contributed by atoms with Crippen molar-refractivity contribution in [1.82, 2.24) is 20.3 Å². The summed E-state index contributed by atoms with van der Waals surface area (Å²) in [4.78, 5) is 12.3. The summed E-state index contributed by atoms with van der Waals surface area (Å²) in [7, 11) is 0. The van der Waals surface area contributed by atoms with Crippen LogP contribution in [0, 0.1) is 0 Å². The summed E-state index contributed by atoms with van der Waals surface area (Å²) in [5, 5.41) is 14.6. The molecule has 1 aliphatic rings. The van der Waals surface area contributed by atoms with Crippen LogP contribution >= 0.6 is 11.6 Å². The van der Waals surface area contributed by atoms with Gasteiger partial charge in [-0.05, 0) is 51.1 Å². The number of nitrogens with one attached hydrogen (secondary N) is 2. The molecule has 7 nitrogen and oxygen atoms in total. The van der Waals surface area contributed by atoms with Crippen LogP contribution in [0.25, 0.3) is 0 Å². The van der Waals surface area contributed by atoms with Crippen molar-refractivity contribution in [3.63, 3.8) is 0 Å². The van der Waals surface area contributed by atoms with Gasteiger partial charge in [-0.25, -0.2) is 4.68 Å². The molecule has 0 spiro atoms. The van der Waals surface area contributed by atoms with Gasteiger partial charge < -0.3 is 15.4 Å². The van der Waals surface area contributed by atoms with E-state index in [1.807, 2.05) is 6.92 Å². The number of nitrogens with zero attached hydrogens (tertiary/aromatic N) is 3. The second-order valence-electron chi connectivity index (χ2n) is 5.60. The number of benzene rings is 1. The zero-order chi connectivity index (χ0) is 16.9. The van der Waals surface area contributed by atoms with E-state index in [2.05, 4.69) is 20.9 Å². The molecule has 3 rings (SSSR count). The van der Waals surface area contributed by atoms with E-state index in [0.717, 1.165) is 25.9 Å². The lowest BCUT2D eigenvalue weighted by atomic mass is 10.1. The highest BCUT2D eigenvalue weighted by Gasteiger charge is 2.19. The van der Waals surface area contributed by atoms with E-state index in [9.17, 15) is 4.79 Å². The summed E-state index contributed by atoms with van der Waals surface area (Å²) in [5.41, 5.74) is 0.878. The minimum Gasteiger partial charge on any atom is -0.492 e. The van der Waals surface area contributed by atoms with Gasteiger partial charge >= 0.3 is 0 Å². The van der Waals surface area contributed by atoms with Crippen molar-refractivity contribution in [3.8, 4) is 5.75 Å². The third-order valence-corrected chi connectivity index (χ3v) is 4.21. The molecule has 2 aromatic rings. The zero-order valence-corrected chi connectivity index (χ0v) is 14.2. The number of aromatic nitrogens is 3. The van der Waals surface area contributed by atoms with Gasteiger partial charge in [-0.2, -0.15) is 0 Å². The van der Waals surface area contributed by atoms with Gasteiger partial charge in [-0.15, -0.1) is 5.10 Å². The highest BCUT2D eigenvalue weighted by atomic mass is 35.5. The van der Waals surface area contributed by atoms with Crippen LogP contribution in [-0.4, -0.2) is 40.6 Å². The molecular formula is C16H20ClN5O2. The average molecular weight is 350 g/mol. The molecule has 0 saturated carbocycles. The molecular weight excluding hydrogens is 330 g/mol. The normalized spacial score (nSPS) is 15.2. The molecule has 1 aromatic heterocycles. The minimum absolute atomic E-state index is 0.290. The van der Waals surface area contributed by atoms with Gasteiger partial charge in [0.15, 0.2) is 5.69 Å². The molecule has 128 valence electrons. The van der Waals surface area contributed by atoms with Crippen molar-refractivity contribution in [3.05, 3.63) is 35.1 Å². The Kier molecular flexibility index (Phi) is 5.32. The lowest BCUT2D eigenvalue weighted by Crippen LogP contribution is -2.29. The lowest BCUT2D eigenvalue weighted by Gasteiger charge is -2.22. The molecule has 1 saturated heterocycles. The van der Waals surface area contributed by atoms with Crippen LogP contribution in [0.3, 0.4) is 0 Å². The Balaban J connectivity index is 1.66. The Bertz CT molecular complexity index is 712. The highest BCUT2D eigenvalue weighted by Crippen LogP contribution is 2.27. The smallest absolute Gasteiger partial charge is 0.277 e. The summed E-state index contributed by atoms with van der Waals surface area (Å²) >= 11 is 6.13. The summed E-state index contributed by atoms with van der Waals surface area (Å²) in [5.74, 6) is 0.282. The Morgan fingerprint density at radius 3 is 2.96 bits per heavy atom. The first-order valence-electron chi connectivity index (χ1n) is 8.03. The maximum atomic E-state index is 12.3. The monoisotopic (exact) mass is 349 g/mol. The molecule has 2 N–H and O–H groups in total. The number of halogens is 1. The molecule has 1 aromatic carbocycles. The van der Waals surface area contributed by atoms with Crippen molar-refractivity contribution >= 4 is 23.2 Å². The Hall–Kier alpha value is -2.12. The summed E-state index contributed by atoms with van der Waals surface area (Å²) in [6.07, 6.45) is 3.67. The number of amides is 1. The number of rotatable bonds is 5. The van der Waals surface area contributed by atoms with Gasteiger partial charge in [0.1, 0.15) is 5.75 Å². The predicted octanol–water partition coefficient (Wildman–Crippen LogP) is 2.51. The van der Waals surface area contributed by atoms with Crippen molar-refractivity contribution in [2.24, 2.45) is 0 Å². The van der Waals surface area contributed by atoms with Crippen molar-refractivity contribution < 1.29 is 9.53 Å². The predicted molar refractivity (Wildman–Crippen MR) is 91.7 cm³/mol. The topological polar surface area (TPSA) is 81.1 Å². The van der Waals surface area contributed by atoms with Crippen LogP contribution < -0.4 is 15.4 Å². The van der Waals surface area contributed by atoms with Crippen LogP contribution in [-0.2, 0) is 0 Å². The Labute approximate surface area is 145 Å². The van der Waals surface area contributed by atoms with Crippen molar-refractivity contribution in [2.45, 2.75) is 25.8 Å². The minimum atomic E-state index is -0.310. The van der Waals surface area contributed by atoms with Crippen LogP contribution in [0.1, 0.15) is 36.3 Å². The van der Waals surface area contributed by atoms with Gasteiger partial charge in [0.25, 0.3) is 5.91 Å². The molecule has 0 bridgehead atoms. The third-order valence-electron chi connectivity index (χ3n) is 3.92. The zero-order valence-electron chi connectivity index (χ0n) is 13.5. The van der Waals surface area contributed by atoms with E-state index in [1.165, 1.54) is 0 Å². The summed E-state index contributed by atoms with van der Waals surface area (Å²) in [6, 6.07) is 5.42. The quantitative estimate of drug-likeness (QED) is 0.866. The van der Waals surface area contributed by atoms with Crippen LogP contribution in [0.2, 0.25) is 5.02 Å². The van der Waals surface area contributed by atoms with Gasteiger partial charge in [0, 0.05) is 5.69 Å². The molecule has 1 fully saturated rings. The number of anilines is 1. The second kappa shape index (κ2) is 7.63. The molecule has 0 unspecified atom stereocenters. The largest absolute Gasteiger partial charge is 0.492 e. The first-order valence-corrected chi connectivity index (χ1v) is 8.41. The SMILES string of the molecule is CCOc1ccc(NC(=O)c2cn(C3CCNCC3)nn2)cc1Cl. The van der Waals surface area contributed by atoms with Gasteiger partial charge in [0.05, 0.1) is 23.9 Å². The molecule has 1 amide bonds. The Morgan fingerprint density at radius 1 is 1.46 bits per heavy atom. The number of piperidine rings is 1. The van der Waals surface area contributed by atoms with E-state index in [-0.39, 0.29) is 5.91 Å². The molecule has 24 heavy (non-hydrogen) atoms. The first-order chi connectivity index (χ1) is 11.7. The fourth-order valence-electron chi connectivity index (χ4n) is 2.68. The number of hydrogen-bond donors (Lipinski definition) is 2. The third kappa shape index (κ3) is 3.85. The fourth-order valence-corrected chi connectivity index (χ4v) is 2.91. The summed E-state index contributed by atoms with van der Waals surface area (Å²) in [6.45, 7) is 4.33. The van der Waals surface area contributed by atoms with Crippen LogP contribution in [0.5, 0.6) is 5.75 Å². The Morgan fingerprint density at radius 2 is 2.25 bits per heavy atom. The molecule has 8 heteroatoms. The molecule has 1 aliphatic heterocycles. The number of ether oxygens (including phenoxy) is 1. The van der Waals surface area contributed by atoms with Gasteiger partial charge in [0.2, 0.25) is 0 Å². The van der Waals surface area contributed by atoms with Gasteiger partial charge in [-0.3, -0.25) is 4.79 Å². The second-order valence-corrected chi connectivity index (χ2v) is 6.00. The first kappa shape index (κ1) is 16.7. The highest BCUT2D eigenvalue weighted by molar-refractivity contribution is 6.32. The van der Waals surface area contributed by atoms with E-state index in [4.69, 9.17) is 16.3 Å². The lowest BCUT2D eigenvalue weighted by molar-refractivity contribution is 0.102. The number of hydrogen-bond acceptors (Lipinski definition) is 5. The van der Waals surface area contributed by atoms with E-state index < -0.39 is 0 Å². The number of carbonyl (C=O) groups excluding carboxylic acids is 1. The standard InChI is InChI=1S/C16H20ClN5O2/c1-2-24-15-4-3-11(9-13(15)17)19-16(23)14-10-22(21-20-14)12-5-7-18-8-6-12/h3-4,9-10,12,18H,2,5-8H2,1H3,(H,19,23). The van der Waals surface area contributed by atoms with Crippen molar-refractivity contribution in [2.75, 3.05) is 25.0 Å². The molecule has 0 aliphatic carbocycles. The van der Waals surface area contributed by atoms with E-state index in [1.54, 1.807) is 29.1 Å². The van der Waals surface area contributed by atoms with Crippen molar-refractivity contribution in [1.29, 1.82) is 0 Å². The maximum absolute atomic E-state index is 12.3. The molecule has 0 atom stereocenters.